The average molecular weight is 242 g/mol. The number of methoxy groups -OCH3 is 1. The minimum absolute atomic E-state index is 0.0761. The van der Waals surface area contributed by atoms with E-state index in [-0.39, 0.29) is 18.0 Å². The molecule has 2 amide bonds. The molecule has 0 aromatic heterocycles. The molecule has 0 aromatic rings. The summed E-state index contributed by atoms with van der Waals surface area (Å²) < 4.78 is 4.68. The fraction of sp³-hybridized carbons (Fsp3) is 0.833. The van der Waals surface area contributed by atoms with Crippen LogP contribution in [0.1, 0.15) is 39.0 Å². The second-order valence-electron chi connectivity index (χ2n) is 4.43. The van der Waals surface area contributed by atoms with Crippen molar-refractivity contribution in [2.24, 2.45) is 0 Å². The zero-order valence-corrected chi connectivity index (χ0v) is 10.7. The molecule has 1 rings (SSSR count). The molecule has 1 aliphatic rings. The maximum atomic E-state index is 11.6. The minimum atomic E-state index is -0.308. The maximum Gasteiger partial charge on any atom is 0.409 e. The number of nitrogens with one attached hydrogen (secondary N) is 1. The molecule has 0 bridgehead atoms. The van der Waals surface area contributed by atoms with Gasteiger partial charge in [0.1, 0.15) is 0 Å². The van der Waals surface area contributed by atoms with E-state index >= 15 is 0 Å². The molecule has 1 N–H and O–H groups in total. The molecular weight excluding hydrogens is 220 g/mol. The van der Waals surface area contributed by atoms with Gasteiger partial charge in [-0.15, -0.1) is 0 Å². The van der Waals surface area contributed by atoms with Crippen molar-refractivity contribution in [2.75, 3.05) is 20.2 Å². The number of rotatable bonds is 4. The van der Waals surface area contributed by atoms with E-state index in [0.717, 1.165) is 25.7 Å². The van der Waals surface area contributed by atoms with Crippen molar-refractivity contribution in [3.8, 4) is 0 Å². The van der Waals surface area contributed by atoms with Gasteiger partial charge in [-0.3, -0.25) is 4.79 Å². The fourth-order valence-corrected chi connectivity index (χ4v) is 2.03. The molecule has 98 valence electrons. The van der Waals surface area contributed by atoms with Crippen molar-refractivity contribution in [2.45, 2.75) is 45.1 Å². The molecule has 1 fully saturated rings. The second kappa shape index (κ2) is 7.14. The SMILES string of the molecule is CCCCC(=O)NC1CCCN(C(=O)OC)C1. The van der Waals surface area contributed by atoms with Crippen LogP contribution in [0.15, 0.2) is 0 Å². The third kappa shape index (κ3) is 4.63. The van der Waals surface area contributed by atoms with Gasteiger partial charge >= 0.3 is 6.09 Å². The molecule has 5 heteroatoms. The zero-order valence-electron chi connectivity index (χ0n) is 10.7. The molecule has 1 unspecified atom stereocenters. The summed E-state index contributed by atoms with van der Waals surface area (Å²) in [5, 5.41) is 2.97. The minimum Gasteiger partial charge on any atom is -0.453 e. The van der Waals surface area contributed by atoms with Gasteiger partial charge in [0.25, 0.3) is 0 Å². The predicted octanol–water partition coefficient (Wildman–Crippen LogP) is 1.52. The van der Waals surface area contributed by atoms with Crippen LogP contribution in [0, 0.1) is 0 Å². The molecule has 0 spiro atoms. The Balaban J connectivity index is 2.34. The number of carbonyl (C=O) groups is 2. The van der Waals surface area contributed by atoms with E-state index in [1.807, 2.05) is 0 Å². The van der Waals surface area contributed by atoms with Crippen LogP contribution in [0.5, 0.6) is 0 Å². The summed E-state index contributed by atoms with van der Waals surface area (Å²) in [6.45, 7) is 3.34. The largest absolute Gasteiger partial charge is 0.453 e. The van der Waals surface area contributed by atoms with Crippen molar-refractivity contribution < 1.29 is 14.3 Å². The summed E-state index contributed by atoms with van der Waals surface area (Å²) in [4.78, 5) is 24.6. The third-order valence-corrected chi connectivity index (χ3v) is 2.98. The van der Waals surface area contributed by atoms with Crippen LogP contribution in [0.2, 0.25) is 0 Å². The van der Waals surface area contributed by atoms with Crippen molar-refractivity contribution in [3.63, 3.8) is 0 Å². The first-order valence-electron chi connectivity index (χ1n) is 6.29. The quantitative estimate of drug-likeness (QED) is 0.813. The smallest absolute Gasteiger partial charge is 0.409 e. The molecule has 1 atom stereocenters. The number of unbranched alkanes of at least 4 members (excludes halogenated alkanes) is 1. The number of carbonyl (C=O) groups excluding carboxylic acids is 2. The van der Waals surface area contributed by atoms with Crippen molar-refractivity contribution >= 4 is 12.0 Å². The van der Waals surface area contributed by atoms with Crippen LogP contribution in [0.4, 0.5) is 4.79 Å². The Kier molecular flexibility index (Phi) is 5.80. The predicted molar refractivity (Wildman–Crippen MR) is 64.7 cm³/mol. The normalized spacial score (nSPS) is 19.9. The first kappa shape index (κ1) is 13.8. The van der Waals surface area contributed by atoms with E-state index in [9.17, 15) is 9.59 Å². The Bertz CT molecular complexity index is 268. The highest BCUT2D eigenvalue weighted by Crippen LogP contribution is 2.11. The number of amides is 2. The molecule has 1 saturated heterocycles. The van der Waals surface area contributed by atoms with Gasteiger partial charge in [0.2, 0.25) is 5.91 Å². The van der Waals surface area contributed by atoms with Crippen molar-refractivity contribution in [3.05, 3.63) is 0 Å². The Morgan fingerprint density at radius 3 is 2.88 bits per heavy atom. The number of nitrogens with zero attached hydrogens (tertiary/aromatic N) is 1. The van der Waals surface area contributed by atoms with Gasteiger partial charge in [-0.1, -0.05) is 13.3 Å². The average Bonchev–Trinajstić information content (AvgIpc) is 2.35. The lowest BCUT2D eigenvalue weighted by Gasteiger charge is -2.32. The van der Waals surface area contributed by atoms with Crippen molar-refractivity contribution in [1.82, 2.24) is 10.2 Å². The number of ether oxygens (including phenoxy) is 1. The standard InChI is InChI=1S/C12H22N2O3/c1-3-4-7-11(15)13-10-6-5-8-14(9-10)12(16)17-2/h10H,3-9H2,1-2H3,(H,13,15). The molecule has 5 nitrogen and oxygen atoms in total. The molecule has 0 aromatic carbocycles. The van der Waals surface area contributed by atoms with Gasteiger partial charge < -0.3 is 15.0 Å². The van der Waals surface area contributed by atoms with Gasteiger partial charge in [0, 0.05) is 25.6 Å². The van der Waals surface area contributed by atoms with Crippen LogP contribution in [0.25, 0.3) is 0 Å². The van der Waals surface area contributed by atoms with Crippen LogP contribution in [-0.2, 0) is 9.53 Å². The van der Waals surface area contributed by atoms with Gasteiger partial charge in [0.05, 0.1) is 7.11 Å². The summed E-state index contributed by atoms with van der Waals surface area (Å²) in [5.74, 6) is 0.0866. The van der Waals surface area contributed by atoms with E-state index in [1.54, 1.807) is 4.90 Å². The maximum absolute atomic E-state index is 11.6. The number of piperidine rings is 1. The van der Waals surface area contributed by atoms with Crippen LogP contribution < -0.4 is 5.32 Å². The highest BCUT2D eigenvalue weighted by Gasteiger charge is 2.24. The fourth-order valence-electron chi connectivity index (χ4n) is 2.03. The molecule has 17 heavy (non-hydrogen) atoms. The number of likely N-dealkylation sites (tertiary alicyclic amines) is 1. The number of hydrogen-bond donors (Lipinski definition) is 1. The van der Waals surface area contributed by atoms with Crippen molar-refractivity contribution in [1.29, 1.82) is 0 Å². The topological polar surface area (TPSA) is 58.6 Å². The molecule has 1 heterocycles. The molecule has 0 saturated carbocycles. The Labute approximate surface area is 102 Å². The van der Waals surface area contributed by atoms with Crippen LogP contribution >= 0.6 is 0 Å². The molecule has 0 radical (unpaired) electrons. The molecule has 0 aliphatic carbocycles. The summed E-state index contributed by atoms with van der Waals surface area (Å²) in [7, 11) is 1.38. The van der Waals surface area contributed by atoms with Crippen LogP contribution in [0.3, 0.4) is 0 Å². The summed E-state index contributed by atoms with van der Waals surface area (Å²) in [6.07, 6.45) is 4.05. The lowest BCUT2D eigenvalue weighted by atomic mass is 10.1. The lowest BCUT2D eigenvalue weighted by Crippen LogP contribution is -2.49. The Hall–Kier alpha value is -1.26. The molecular formula is C12H22N2O3. The van der Waals surface area contributed by atoms with E-state index in [0.29, 0.717) is 19.5 Å². The summed E-state index contributed by atoms with van der Waals surface area (Å²) in [5.41, 5.74) is 0. The first-order valence-corrected chi connectivity index (χ1v) is 6.29. The monoisotopic (exact) mass is 242 g/mol. The number of hydrogen-bond acceptors (Lipinski definition) is 3. The van der Waals surface area contributed by atoms with Gasteiger partial charge in [0.15, 0.2) is 0 Å². The Morgan fingerprint density at radius 2 is 2.24 bits per heavy atom. The van der Waals surface area contributed by atoms with Gasteiger partial charge in [-0.25, -0.2) is 4.79 Å². The second-order valence-corrected chi connectivity index (χ2v) is 4.43. The summed E-state index contributed by atoms with van der Waals surface area (Å²) >= 11 is 0. The first-order chi connectivity index (χ1) is 8.17. The third-order valence-electron chi connectivity index (χ3n) is 2.98. The van der Waals surface area contributed by atoms with E-state index in [2.05, 4.69) is 17.0 Å². The van der Waals surface area contributed by atoms with Gasteiger partial charge in [-0.2, -0.15) is 0 Å². The zero-order chi connectivity index (χ0) is 12.7. The van der Waals surface area contributed by atoms with Crippen LogP contribution in [-0.4, -0.2) is 43.1 Å². The van der Waals surface area contributed by atoms with E-state index < -0.39 is 0 Å². The summed E-state index contributed by atoms with van der Waals surface area (Å²) in [6, 6.07) is 0.0761. The van der Waals surface area contributed by atoms with Gasteiger partial charge in [-0.05, 0) is 19.3 Å². The van der Waals surface area contributed by atoms with E-state index in [4.69, 9.17) is 0 Å². The lowest BCUT2D eigenvalue weighted by molar-refractivity contribution is -0.122. The molecule has 1 aliphatic heterocycles. The highest BCUT2D eigenvalue weighted by molar-refractivity contribution is 5.76. The Morgan fingerprint density at radius 1 is 1.47 bits per heavy atom. The highest BCUT2D eigenvalue weighted by atomic mass is 16.5. The van der Waals surface area contributed by atoms with E-state index in [1.165, 1.54) is 7.11 Å².